The number of nitrogens with zero attached hydrogens (tertiary/aromatic N) is 2. The van der Waals surface area contributed by atoms with E-state index in [9.17, 15) is 4.79 Å². The molecule has 0 spiro atoms. The summed E-state index contributed by atoms with van der Waals surface area (Å²) in [7, 11) is 0. The largest absolute Gasteiger partial charge is 0.486 e. The average Bonchev–Trinajstić information content (AvgIpc) is 3.02. The molecule has 1 aliphatic rings. The third kappa shape index (κ3) is 3.12. The summed E-state index contributed by atoms with van der Waals surface area (Å²) in [6.45, 7) is 5.00. The molecular weight excluding hydrogens is 318 g/mol. The molecule has 122 valence electrons. The highest BCUT2D eigenvalue weighted by molar-refractivity contribution is 6.32. The van der Waals surface area contributed by atoms with E-state index in [1.54, 1.807) is 29.1 Å². The summed E-state index contributed by atoms with van der Waals surface area (Å²) >= 11 is 6.17. The van der Waals surface area contributed by atoms with Gasteiger partial charge >= 0.3 is 0 Å². The minimum atomic E-state index is -0.270. The molecule has 1 N–H and O–H groups in total. The van der Waals surface area contributed by atoms with Crippen molar-refractivity contribution < 1.29 is 14.3 Å². The van der Waals surface area contributed by atoms with Gasteiger partial charge in [0.15, 0.2) is 11.5 Å². The van der Waals surface area contributed by atoms with Crippen LogP contribution in [0.2, 0.25) is 5.02 Å². The first kappa shape index (κ1) is 15.7. The second kappa shape index (κ2) is 6.50. The van der Waals surface area contributed by atoms with Crippen molar-refractivity contribution in [3.8, 4) is 11.5 Å². The monoisotopic (exact) mass is 335 g/mol. The van der Waals surface area contributed by atoms with Crippen LogP contribution in [0.5, 0.6) is 11.5 Å². The molecule has 0 bridgehead atoms. The predicted molar refractivity (Wildman–Crippen MR) is 87.6 cm³/mol. The van der Waals surface area contributed by atoms with Gasteiger partial charge < -0.3 is 14.8 Å². The summed E-state index contributed by atoms with van der Waals surface area (Å²) in [6, 6.07) is 5.18. The topological polar surface area (TPSA) is 65.4 Å². The second-order valence-electron chi connectivity index (χ2n) is 5.35. The summed E-state index contributed by atoms with van der Waals surface area (Å²) in [6.07, 6.45) is 2.58. The van der Waals surface area contributed by atoms with Crippen LogP contribution in [-0.4, -0.2) is 28.9 Å². The quantitative estimate of drug-likeness (QED) is 0.928. The molecule has 1 aromatic heterocycles. The van der Waals surface area contributed by atoms with E-state index in [0.717, 1.165) is 6.42 Å². The number of nitrogens with one attached hydrogen (secondary N) is 1. The highest BCUT2D eigenvalue weighted by Crippen LogP contribution is 2.38. The number of amides is 1. The molecule has 0 fully saturated rings. The van der Waals surface area contributed by atoms with Gasteiger partial charge in [0.25, 0.3) is 5.91 Å². The van der Waals surface area contributed by atoms with Crippen molar-refractivity contribution >= 4 is 23.3 Å². The van der Waals surface area contributed by atoms with Crippen LogP contribution in [-0.2, 0) is 0 Å². The van der Waals surface area contributed by atoms with E-state index < -0.39 is 0 Å². The summed E-state index contributed by atoms with van der Waals surface area (Å²) in [4.78, 5) is 12.5. The van der Waals surface area contributed by atoms with Gasteiger partial charge in [0.1, 0.15) is 19.0 Å². The highest BCUT2D eigenvalue weighted by Gasteiger charge is 2.20. The molecule has 1 unspecified atom stereocenters. The predicted octanol–water partition coefficient (Wildman–Crippen LogP) is 3.53. The second-order valence-corrected chi connectivity index (χ2v) is 5.76. The molecule has 23 heavy (non-hydrogen) atoms. The minimum absolute atomic E-state index is 0.198. The molecule has 0 radical (unpaired) electrons. The zero-order chi connectivity index (χ0) is 16.4. The van der Waals surface area contributed by atoms with Crippen LogP contribution < -0.4 is 14.8 Å². The van der Waals surface area contributed by atoms with Crippen molar-refractivity contribution in [3.05, 3.63) is 35.0 Å². The Morgan fingerprint density at radius 3 is 3.00 bits per heavy atom. The van der Waals surface area contributed by atoms with Crippen molar-refractivity contribution in [3.63, 3.8) is 0 Å². The van der Waals surface area contributed by atoms with Crippen LogP contribution in [0.3, 0.4) is 0 Å². The van der Waals surface area contributed by atoms with Crippen LogP contribution in [0.25, 0.3) is 0 Å². The molecule has 0 saturated carbocycles. The summed E-state index contributed by atoms with van der Waals surface area (Å²) < 4.78 is 12.7. The fraction of sp³-hybridized carbons (Fsp3) is 0.375. The Balaban J connectivity index is 1.84. The molecule has 1 atom stereocenters. The van der Waals surface area contributed by atoms with Crippen LogP contribution in [0.15, 0.2) is 24.4 Å². The molecule has 7 heteroatoms. The molecule has 1 amide bonds. The molecule has 0 aliphatic carbocycles. The van der Waals surface area contributed by atoms with E-state index in [1.807, 2.05) is 6.92 Å². The highest BCUT2D eigenvalue weighted by atomic mass is 35.5. The molecule has 1 aromatic carbocycles. The third-order valence-corrected chi connectivity index (χ3v) is 4.06. The Kier molecular flexibility index (Phi) is 4.43. The number of hydrogen-bond acceptors (Lipinski definition) is 4. The van der Waals surface area contributed by atoms with Gasteiger partial charge in [-0.15, -0.1) is 0 Å². The summed E-state index contributed by atoms with van der Waals surface area (Å²) in [5.74, 6) is 1.35. The first-order valence-corrected chi connectivity index (χ1v) is 7.92. The van der Waals surface area contributed by atoms with Crippen LogP contribution in [0.4, 0.5) is 5.82 Å². The molecule has 2 heterocycles. The van der Waals surface area contributed by atoms with Gasteiger partial charge in [-0.2, -0.15) is 5.10 Å². The number of rotatable bonds is 4. The smallest absolute Gasteiger partial charge is 0.257 e. The van der Waals surface area contributed by atoms with Crippen LogP contribution >= 0.6 is 11.6 Å². The van der Waals surface area contributed by atoms with Gasteiger partial charge in [-0.3, -0.25) is 4.79 Å². The van der Waals surface area contributed by atoms with E-state index in [1.165, 1.54) is 0 Å². The summed E-state index contributed by atoms with van der Waals surface area (Å²) in [5.41, 5.74) is 0.413. The third-order valence-electron chi connectivity index (χ3n) is 3.78. The van der Waals surface area contributed by atoms with Crippen molar-refractivity contribution in [1.82, 2.24) is 9.78 Å². The maximum absolute atomic E-state index is 12.5. The van der Waals surface area contributed by atoms with Gasteiger partial charge in [-0.05, 0) is 25.5 Å². The standard InChI is InChI=1S/C16H18ClN3O3/c1-3-10(2)20-14(4-5-18-20)19-16(21)11-8-12(17)15-13(9-11)22-6-7-23-15/h4-5,8-10H,3,6-7H2,1-2H3,(H,19,21). The van der Waals surface area contributed by atoms with Gasteiger partial charge in [0.05, 0.1) is 17.3 Å². The van der Waals surface area contributed by atoms with Crippen molar-refractivity contribution in [1.29, 1.82) is 0 Å². The van der Waals surface area contributed by atoms with Gasteiger partial charge in [0, 0.05) is 11.6 Å². The fourth-order valence-corrected chi connectivity index (χ4v) is 2.63. The molecule has 1 aliphatic heterocycles. The number of halogens is 1. The van der Waals surface area contributed by atoms with E-state index in [0.29, 0.717) is 41.1 Å². The number of ether oxygens (including phenoxy) is 2. The van der Waals surface area contributed by atoms with Crippen molar-refractivity contribution in [2.45, 2.75) is 26.3 Å². The molecule has 3 rings (SSSR count). The van der Waals surface area contributed by atoms with Crippen LogP contribution in [0.1, 0.15) is 36.7 Å². The zero-order valence-corrected chi connectivity index (χ0v) is 13.8. The van der Waals surface area contributed by atoms with E-state index in [2.05, 4.69) is 17.3 Å². The van der Waals surface area contributed by atoms with Gasteiger partial charge in [-0.25, -0.2) is 4.68 Å². The lowest BCUT2D eigenvalue weighted by Gasteiger charge is -2.20. The Morgan fingerprint density at radius 2 is 2.22 bits per heavy atom. The Labute approximate surface area is 139 Å². The number of carbonyl (C=O) groups is 1. The van der Waals surface area contributed by atoms with Crippen molar-refractivity contribution in [2.75, 3.05) is 18.5 Å². The number of carbonyl (C=O) groups excluding carboxylic acids is 1. The molecule has 6 nitrogen and oxygen atoms in total. The maximum atomic E-state index is 12.5. The first-order valence-electron chi connectivity index (χ1n) is 7.54. The number of fused-ring (bicyclic) bond motifs is 1. The number of anilines is 1. The lowest BCUT2D eigenvalue weighted by Crippen LogP contribution is -2.19. The molecule has 2 aromatic rings. The fourth-order valence-electron chi connectivity index (χ4n) is 2.37. The number of hydrogen-bond donors (Lipinski definition) is 1. The first-order chi connectivity index (χ1) is 11.1. The average molecular weight is 336 g/mol. The number of benzene rings is 1. The lowest BCUT2D eigenvalue weighted by atomic mass is 10.1. The minimum Gasteiger partial charge on any atom is -0.486 e. The lowest BCUT2D eigenvalue weighted by molar-refractivity contribution is 0.102. The van der Waals surface area contributed by atoms with Crippen LogP contribution in [0, 0.1) is 0 Å². The zero-order valence-electron chi connectivity index (χ0n) is 13.0. The van der Waals surface area contributed by atoms with E-state index in [4.69, 9.17) is 21.1 Å². The van der Waals surface area contributed by atoms with Gasteiger partial charge in [-0.1, -0.05) is 18.5 Å². The normalized spacial score (nSPS) is 14.4. The Morgan fingerprint density at radius 1 is 1.43 bits per heavy atom. The van der Waals surface area contributed by atoms with E-state index >= 15 is 0 Å². The molecule has 0 saturated heterocycles. The van der Waals surface area contributed by atoms with Crippen molar-refractivity contribution in [2.24, 2.45) is 0 Å². The Hall–Kier alpha value is -2.21. The number of aromatic nitrogens is 2. The molecular formula is C16H18ClN3O3. The maximum Gasteiger partial charge on any atom is 0.257 e. The summed E-state index contributed by atoms with van der Waals surface area (Å²) in [5, 5.41) is 7.48. The Bertz CT molecular complexity index is 729. The SMILES string of the molecule is CCC(C)n1nccc1NC(=O)c1cc(Cl)c2c(c1)OCCO2. The van der Waals surface area contributed by atoms with Gasteiger partial charge in [0.2, 0.25) is 0 Å². The van der Waals surface area contributed by atoms with E-state index in [-0.39, 0.29) is 11.9 Å².